The van der Waals surface area contributed by atoms with E-state index in [1.54, 1.807) is 6.07 Å². The van der Waals surface area contributed by atoms with Crippen LogP contribution < -0.4 is 5.01 Å². The number of fused-ring (bicyclic) bond motifs is 1. The van der Waals surface area contributed by atoms with Crippen molar-refractivity contribution < 1.29 is 0 Å². The minimum absolute atomic E-state index is 0.425. The molecule has 0 atom stereocenters. The van der Waals surface area contributed by atoms with Gasteiger partial charge in [-0.1, -0.05) is 60.1 Å². The molecule has 0 aliphatic rings. The summed E-state index contributed by atoms with van der Waals surface area (Å²) in [5, 5.41) is 3.69. The van der Waals surface area contributed by atoms with Crippen molar-refractivity contribution in [1.82, 2.24) is 14.6 Å². The van der Waals surface area contributed by atoms with Gasteiger partial charge < -0.3 is 0 Å². The summed E-state index contributed by atoms with van der Waals surface area (Å²) in [6.07, 6.45) is 3.53. The lowest BCUT2D eigenvalue weighted by Crippen LogP contribution is -2.29. The van der Waals surface area contributed by atoms with E-state index in [1.165, 1.54) is 17.3 Å². The molecule has 2 aromatic heterocycles. The van der Waals surface area contributed by atoms with E-state index in [2.05, 4.69) is 50.0 Å². The maximum Gasteiger partial charge on any atom is 0.152 e. The molecule has 0 aliphatic heterocycles. The number of aromatic nitrogens is 3. The fraction of sp³-hybridized carbons (Fsp3) is 0.0526. The highest BCUT2D eigenvalue weighted by atomic mass is 35.5. The summed E-state index contributed by atoms with van der Waals surface area (Å²) in [5.41, 5.74) is 2.30. The van der Waals surface area contributed by atoms with Crippen molar-refractivity contribution in [2.24, 2.45) is 0 Å². The van der Waals surface area contributed by atoms with E-state index in [9.17, 15) is 0 Å². The second kappa shape index (κ2) is 6.34. The van der Waals surface area contributed by atoms with Crippen LogP contribution in [0.3, 0.4) is 0 Å². The lowest BCUT2D eigenvalue weighted by atomic mass is 10.2. The van der Waals surface area contributed by atoms with E-state index < -0.39 is 0 Å². The van der Waals surface area contributed by atoms with E-state index >= 15 is 0 Å². The molecule has 0 radical (unpaired) electrons. The molecule has 4 nitrogen and oxygen atoms in total. The first-order chi connectivity index (χ1) is 11.8. The Morgan fingerprint density at radius 1 is 0.917 bits per heavy atom. The second-order valence-corrected chi connectivity index (χ2v) is 5.85. The van der Waals surface area contributed by atoms with Gasteiger partial charge in [-0.25, -0.2) is 9.97 Å². The molecule has 2 heterocycles. The smallest absolute Gasteiger partial charge is 0.152 e. The van der Waals surface area contributed by atoms with Gasteiger partial charge in [-0.2, -0.15) is 0 Å². The lowest BCUT2D eigenvalue weighted by molar-refractivity contribution is 0.699. The number of benzene rings is 2. The third-order valence-electron chi connectivity index (χ3n) is 3.90. The lowest BCUT2D eigenvalue weighted by Gasteiger charge is -2.26. The first-order valence-electron chi connectivity index (χ1n) is 7.67. The molecule has 0 amide bonds. The summed E-state index contributed by atoms with van der Waals surface area (Å²) in [7, 11) is 0. The Balaban J connectivity index is 1.83. The van der Waals surface area contributed by atoms with Crippen LogP contribution in [0.1, 0.15) is 5.56 Å². The van der Waals surface area contributed by atoms with E-state index in [-0.39, 0.29) is 0 Å². The maximum absolute atomic E-state index is 6.08. The van der Waals surface area contributed by atoms with Crippen LogP contribution in [0.2, 0.25) is 5.15 Å². The average molecular weight is 335 g/mol. The van der Waals surface area contributed by atoms with Crippen molar-refractivity contribution in [2.45, 2.75) is 6.54 Å². The minimum atomic E-state index is 0.425. The van der Waals surface area contributed by atoms with Gasteiger partial charge in [0, 0.05) is 17.6 Å². The standard InChI is InChI=1S/C19H15ClN4/c20-18-12-19(22-14-21-18)24(13-15-6-2-1-3-7-15)23-11-10-16-8-4-5-9-17(16)23/h1-12,14H,13H2. The van der Waals surface area contributed by atoms with Crippen LogP contribution in [-0.4, -0.2) is 14.6 Å². The van der Waals surface area contributed by atoms with Crippen molar-refractivity contribution in [1.29, 1.82) is 0 Å². The molecule has 5 heteroatoms. The Labute approximate surface area is 144 Å². The molecule has 0 bridgehead atoms. The fourth-order valence-corrected chi connectivity index (χ4v) is 2.91. The van der Waals surface area contributed by atoms with Crippen molar-refractivity contribution in [3.05, 3.63) is 90.0 Å². The maximum atomic E-state index is 6.08. The van der Waals surface area contributed by atoms with E-state index in [4.69, 9.17) is 11.6 Å². The molecule has 0 aliphatic carbocycles. The SMILES string of the molecule is Clc1cc(N(Cc2ccccc2)n2ccc3ccccc32)ncn1. The van der Waals surface area contributed by atoms with Crippen molar-refractivity contribution >= 4 is 28.3 Å². The number of para-hydroxylation sites is 1. The molecular weight excluding hydrogens is 320 g/mol. The van der Waals surface area contributed by atoms with Gasteiger partial charge in [0.05, 0.1) is 12.1 Å². The van der Waals surface area contributed by atoms with Gasteiger partial charge in [-0.15, -0.1) is 0 Å². The molecular formula is C19H15ClN4. The molecule has 0 fully saturated rings. The molecule has 0 N–H and O–H groups in total. The number of rotatable bonds is 4. The number of hydrogen-bond acceptors (Lipinski definition) is 3. The summed E-state index contributed by atoms with van der Waals surface area (Å²) in [6, 6.07) is 22.4. The van der Waals surface area contributed by atoms with Gasteiger partial charge in [0.15, 0.2) is 5.82 Å². The van der Waals surface area contributed by atoms with Crippen LogP contribution in [0.15, 0.2) is 79.3 Å². The summed E-state index contributed by atoms with van der Waals surface area (Å²) >= 11 is 6.08. The third kappa shape index (κ3) is 2.84. The van der Waals surface area contributed by atoms with E-state index in [0.717, 1.165) is 11.3 Å². The average Bonchev–Trinajstić information content (AvgIpc) is 3.04. The summed E-state index contributed by atoms with van der Waals surface area (Å²) in [4.78, 5) is 8.40. The fourth-order valence-electron chi connectivity index (χ4n) is 2.77. The number of hydrogen-bond donors (Lipinski definition) is 0. The van der Waals surface area contributed by atoms with Gasteiger partial charge in [-0.3, -0.25) is 9.69 Å². The van der Waals surface area contributed by atoms with Gasteiger partial charge in [0.2, 0.25) is 0 Å². The monoisotopic (exact) mass is 334 g/mol. The Morgan fingerprint density at radius 3 is 2.54 bits per heavy atom. The summed E-state index contributed by atoms with van der Waals surface area (Å²) in [5.74, 6) is 0.750. The van der Waals surface area contributed by atoms with Crippen molar-refractivity contribution in [2.75, 3.05) is 5.01 Å². The highest BCUT2D eigenvalue weighted by molar-refractivity contribution is 6.29. The van der Waals surface area contributed by atoms with Gasteiger partial charge in [-0.05, 0) is 17.7 Å². The Kier molecular flexibility index (Phi) is 3.89. The Hall–Kier alpha value is -2.85. The van der Waals surface area contributed by atoms with Crippen LogP contribution in [0.4, 0.5) is 5.82 Å². The number of anilines is 1. The first kappa shape index (κ1) is 14.7. The molecule has 2 aromatic carbocycles. The van der Waals surface area contributed by atoms with Crippen LogP contribution in [0.25, 0.3) is 10.9 Å². The van der Waals surface area contributed by atoms with Crippen LogP contribution in [0.5, 0.6) is 0 Å². The minimum Gasteiger partial charge on any atom is -0.259 e. The quantitative estimate of drug-likeness (QED) is 0.513. The van der Waals surface area contributed by atoms with Crippen LogP contribution in [0, 0.1) is 0 Å². The Morgan fingerprint density at radius 2 is 1.71 bits per heavy atom. The topological polar surface area (TPSA) is 34.0 Å². The van der Waals surface area contributed by atoms with E-state index in [0.29, 0.717) is 11.7 Å². The zero-order chi connectivity index (χ0) is 16.4. The van der Waals surface area contributed by atoms with Crippen LogP contribution >= 0.6 is 11.6 Å². The molecule has 0 unspecified atom stereocenters. The highest BCUT2D eigenvalue weighted by Gasteiger charge is 2.14. The van der Waals surface area contributed by atoms with E-state index in [1.807, 2.05) is 36.5 Å². The summed E-state index contributed by atoms with van der Waals surface area (Å²) in [6.45, 7) is 0.673. The zero-order valence-corrected chi connectivity index (χ0v) is 13.6. The Bertz CT molecular complexity index is 965. The third-order valence-corrected chi connectivity index (χ3v) is 4.10. The zero-order valence-electron chi connectivity index (χ0n) is 12.9. The second-order valence-electron chi connectivity index (χ2n) is 5.46. The first-order valence-corrected chi connectivity index (χ1v) is 8.04. The normalized spacial score (nSPS) is 10.9. The summed E-state index contributed by atoms with van der Waals surface area (Å²) < 4.78 is 2.10. The molecule has 0 saturated carbocycles. The molecule has 118 valence electrons. The van der Waals surface area contributed by atoms with Gasteiger partial charge >= 0.3 is 0 Å². The van der Waals surface area contributed by atoms with Crippen molar-refractivity contribution in [3.8, 4) is 0 Å². The number of halogens is 1. The van der Waals surface area contributed by atoms with Gasteiger partial charge in [0.1, 0.15) is 11.5 Å². The molecule has 4 rings (SSSR count). The van der Waals surface area contributed by atoms with Gasteiger partial charge in [0.25, 0.3) is 0 Å². The largest absolute Gasteiger partial charge is 0.259 e. The predicted octanol–water partition coefficient (Wildman–Crippen LogP) is 4.55. The molecule has 4 aromatic rings. The van der Waals surface area contributed by atoms with Crippen molar-refractivity contribution in [3.63, 3.8) is 0 Å². The number of nitrogens with zero attached hydrogens (tertiary/aromatic N) is 4. The molecule has 24 heavy (non-hydrogen) atoms. The van der Waals surface area contributed by atoms with Crippen LogP contribution in [-0.2, 0) is 6.54 Å². The molecule has 0 saturated heterocycles. The highest BCUT2D eigenvalue weighted by Crippen LogP contribution is 2.23. The predicted molar refractivity (Wildman–Crippen MR) is 97.0 cm³/mol. The molecule has 0 spiro atoms.